The third kappa shape index (κ3) is 1.89. The number of H-pyrrole nitrogens is 1. The van der Waals surface area contributed by atoms with Gasteiger partial charge in [0.1, 0.15) is 0 Å². The van der Waals surface area contributed by atoms with Crippen LogP contribution in [0, 0.1) is 5.92 Å². The van der Waals surface area contributed by atoms with Crippen LogP contribution in [0.2, 0.25) is 0 Å². The van der Waals surface area contributed by atoms with Gasteiger partial charge in [-0.1, -0.05) is 18.2 Å². The average Bonchev–Trinajstić information content (AvgIpc) is 2.70. The van der Waals surface area contributed by atoms with Crippen molar-refractivity contribution in [3.8, 4) is 0 Å². The van der Waals surface area contributed by atoms with E-state index < -0.39 is 0 Å². The van der Waals surface area contributed by atoms with Crippen molar-refractivity contribution in [3.05, 3.63) is 30.0 Å². The number of nitrogens with one attached hydrogen (secondary N) is 3. The molecule has 0 atom stereocenters. The molecule has 1 aliphatic rings. The lowest BCUT2D eigenvalue weighted by Crippen LogP contribution is -2.48. The first-order chi connectivity index (χ1) is 8.34. The molecular formula is C12H14N4O. The summed E-state index contributed by atoms with van der Waals surface area (Å²) in [6.45, 7) is 2.69. The lowest BCUT2D eigenvalue weighted by Gasteiger charge is -2.26. The molecule has 0 bridgehead atoms. The van der Waals surface area contributed by atoms with E-state index in [0.717, 1.165) is 24.0 Å². The normalized spacial score (nSPS) is 15.8. The van der Waals surface area contributed by atoms with Crippen molar-refractivity contribution in [1.29, 1.82) is 0 Å². The molecule has 0 unspecified atom stereocenters. The molecule has 2 aromatic rings. The maximum atomic E-state index is 12.0. The number of hydrogen-bond donors (Lipinski definition) is 3. The van der Waals surface area contributed by atoms with E-state index in [1.165, 1.54) is 0 Å². The molecule has 1 aliphatic heterocycles. The molecule has 5 nitrogen and oxygen atoms in total. The fraction of sp³-hybridized carbons (Fsp3) is 0.333. The van der Waals surface area contributed by atoms with Gasteiger partial charge in [0, 0.05) is 30.9 Å². The van der Waals surface area contributed by atoms with Gasteiger partial charge in [-0.3, -0.25) is 9.89 Å². The van der Waals surface area contributed by atoms with Gasteiger partial charge in [0.2, 0.25) is 0 Å². The van der Waals surface area contributed by atoms with E-state index in [2.05, 4.69) is 20.8 Å². The highest BCUT2D eigenvalue weighted by molar-refractivity contribution is 6.04. The topological polar surface area (TPSA) is 69.8 Å². The number of hydrogen-bond acceptors (Lipinski definition) is 3. The molecule has 1 aromatic carbocycles. The van der Waals surface area contributed by atoms with Gasteiger partial charge in [-0.2, -0.15) is 5.10 Å². The van der Waals surface area contributed by atoms with Crippen molar-refractivity contribution in [2.45, 2.75) is 0 Å². The summed E-state index contributed by atoms with van der Waals surface area (Å²) in [5.41, 5.74) is 1.37. The van der Waals surface area contributed by atoms with Crippen molar-refractivity contribution in [1.82, 2.24) is 20.8 Å². The van der Waals surface area contributed by atoms with E-state index in [4.69, 9.17) is 0 Å². The second-order valence-electron chi connectivity index (χ2n) is 4.35. The van der Waals surface area contributed by atoms with Gasteiger partial charge in [0.05, 0.1) is 5.52 Å². The standard InChI is InChI=1S/C12H14N4O/c17-12(14-7-8-5-13-6-8)11-9-3-1-2-4-10(9)15-16-11/h1-4,8,13H,5-7H2,(H,14,17)(H,15,16). The van der Waals surface area contributed by atoms with Crippen molar-refractivity contribution in [3.63, 3.8) is 0 Å². The fourth-order valence-electron chi connectivity index (χ4n) is 1.95. The number of benzene rings is 1. The number of aromatic amines is 1. The second kappa shape index (κ2) is 4.18. The lowest BCUT2D eigenvalue weighted by molar-refractivity contribution is 0.0939. The zero-order chi connectivity index (χ0) is 11.7. The fourth-order valence-corrected chi connectivity index (χ4v) is 1.95. The minimum atomic E-state index is -0.102. The van der Waals surface area contributed by atoms with Crippen LogP contribution in [0.5, 0.6) is 0 Å². The zero-order valence-electron chi connectivity index (χ0n) is 9.36. The summed E-state index contributed by atoms with van der Waals surface area (Å²) in [5, 5.41) is 13.9. The first kappa shape index (κ1) is 10.3. The largest absolute Gasteiger partial charge is 0.350 e. The SMILES string of the molecule is O=C(NCC1CNC1)c1n[nH]c2ccccc12. The minimum absolute atomic E-state index is 0.102. The van der Waals surface area contributed by atoms with Crippen molar-refractivity contribution in [2.75, 3.05) is 19.6 Å². The van der Waals surface area contributed by atoms with Crippen LogP contribution in [-0.2, 0) is 0 Å². The average molecular weight is 230 g/mol. The number of fused-ring (bicyclic) bond motifs is 1. The molecule has 0 aliphatic carbocycles. The third-order valence-corrected chi connectivity index (χ3v) is 3.10. The zero-order valence-corrected chi connectivity index (χ0v) is 9.36. The van der Waals surface area contributed by atoms with Crippen molar-refractivity contribution in [2.24, 2.45) is 5.92 Å². The maximum absolute atomic E-state index is 12.0. The van der Waals surface area contributed by atoms with Crippen LogP contribution in [0.3, 0.4) is 0 Å². The molecule has 0 spiro atoms. The van der Waals surface area contributed by atoms with Gasteiger partial charge in [-0.25, -0.2) is 0 Å². The summed E-state index contributed by atoms with van der Waals surface area (Å²) in [7, 11) is 0. The number of carbonyl (C=O) groups excluding carboxylic acids is 1. The Hall–Kier alpha value is -1.88. The predicted molar refractivity (Wildman–Crippen MR) is 64.8 cm³/mol. The quantitative estimate of drug-likeness (QED) is 0.719. The van der Waals surface area contributed by atoms with E-state index in [0.29, 0.717) is 18.2 Å². The van der Waals surface area contributed by atoms with Crippen molar-refractivity contribution >= 4 is 16.8 Å². The Kier molecular flexibility index (Phi) is 2.53. The van der Waals surface area contributed by atoms with Gasteiger partial charge in [-0.05, 0) is 6.07 Å². The van der Waals surface area contributed by atoms with Crippen molar-refractivity contribution < 1.29 is 4.79 Å². The van der Waals surface area contributed by atoms with Gasteiger partial charge in [-0.15, -0.1) is 0 Å². The summed E-state index contributed by atoms with van der Waals surface area (Å²) in [6, 6.07) is 7.64. The molecule has 0 saturated carbocycles. The summed E-state index contributed by atoms with van der Waals surface area (Å²) < 4.78 is 0. The molecule has 5 heteroatoms. The number of para-hydroxylation sites is 1. The van der Waals surface area contributed by atoms with Crippen LogP contribution in [0.15, 0.2) is 24.3 Å². The summed E-state index contributed by atoms with van der Waals surface area (Å²) >= 11 is 0. The van der Waals surface area contributed by atoms with Crippen LogP contribution in [-0.4, -0.2) is 35.7 Å². The summed E-state index contributed by atoms with van der Waals surface area (Å²) in [5.74, 6) is 0.457. The summed E-state index contributed by atoms with van der Waals surface area (Å²) in [4.78, 5) is 12.0. The van der Waals surface area contributed by atoms with Crippen LogP contribution in [0.4, 0.5) is 0 Å². The van der Waals surface area contributed by atoms with Crippen LogP contribution in [0.1, 0.15) is 10.5 Å². The molecule has 3 N–H and O–H groups in total. The maximum Gasteiger partial charge on any atom is 0.272 e. The molecule has 17 heavy (non-hydrogen) atoms. The van der Waals surface area contributed by atoms with E-state index in [-0.39, 0.29) is 5.91 Å². The Labute approximate surface area is 98.6 Å². The van der Waals surface area contributed by atoms with E-state index in [9.17, 15) is 4.79 Å². The molecule has 3 rings (SSSR count). The molecule has 1 saturated heterocycles. The Morgan fingerprint density at radius 3 is 3.00 bits per heavy atom. The highest BCUT2D eigenvalue weighted by atomic mass is 16.1. The minimum Gasteiger partial charge on any atom is -0.350 e. The van der Waals surface area contributed by atoms with Crippen LogP contribution < -0.4 is 10.6 Å². The van der Waals surface area contributed by atoms with E-state index in [1.807, 2.05) is 24.3 Å². The molecular weight excluding hydrogens is 216 g/mol. The monoisotopic (exact) mass is 230 g/mol. The first-order valence-electron chi connectivity index (χ1n) is 5.76. The van der Waals surface area contributed by atoms with Gasteiger partial charge in [0.15, 0.2) is 5.69 Å². The highest BCUT2D eigenvalue weighted by Crippen LogP contribution is 2.14. The summed E-state index contributed by atoms with van der Waals surface area (Å²) in [6.07, 6.45) is 0. The highest BCUT2D eigenvalue weighted by Gasteiger charge is 2.19. The smallest absolute Gasteiger partial charge is 0.272 e. The predicted octanol–water partition coefficient (Wildman–Crippen LogP) is 0.512. The Balaban J connectivity index is 1.75. The van der Waals surface area contributed by atoms with Crippen LogP contribution in [0.25, 0.3) is 10.9 Å². The van der Waals surface area contributed by atoms with Gasteiger partial charge < -0.3 is 10.6 Å². The number of aromatic nitrogens is 2. The molecule has 0 radical (unpaired) electrons. The number of carbonyl (C=O) groups is 1. The first-order valence-corrected chi connectivity index (χ1v) is 5.76. The third-order valence-electron chi connectivity index (χ3n) is 3.10. The molecule has 1 amide bonds. The number of amides is 1. The number of nitrogens with zero attached hydrogens (tertiary/aromatic N) is 1. The van der Waals surface area contributed by atoms with Gasteiger partial charge >= 0.3 is 0 Å². The van der Waals surface area contributed by atoms with E-state index in [1.54, 1.807) is 0 Å². The Bertz CT molecular complexity index is 544. The lowest BCUT2D eigenvalue weighted by atomic mass is 10.0. The second-order valence-corrected chi connectivity index (χ2v) is 4.35. The Morgan fingerprint density at radius 2 is 2.24 bits per heavy atom. The Morgan fingerprint density at radius 1 is 1.41 bits per heavy atom. The molecule has 88 valence electrons. The van der Waals surface area contributed by atoms with Crippen LogP contribution >= 0.6 is 0 Å². The van der Waals surface area contributed by atoms with E-state index >= 15 is 0 Å². The molecule has 1 aromatic heterocycles. The van der Waals surface area contributed by atoms with Gasteiger partial charge in [0.25, 0.3) is 5.91 Å². The number of rotatable bonds is 3. The molecule has 1 fully saturated rings. The molecule has 2 heterocycles.